The maximum absolute atomic E-state index is 11.1. The van der Waals surface area contributed by atoms with Crippen molar-refractivity contribution in [2.24, 2.45) is 0 Å². The topological polar surface area (TPSA) is 84.6 Å². The Morgan fingerprint density at radius 2 is 1.40 bits per heavy atom. The Kier molecular flexibility index (Phi) is 5.95. The van der Waals surface area contributed by atoms with Gasteiger partial charge in [0.15, 0.2) is 0 Å². The highest BCUT2D eigenvalue weighted by Gasteiger charge is 2.20. The number of allylic oxidation sites excluding steroid dienone is 1. The van der Waals surface area contributed by atoms with E-state index in [2.05, 4.69) is 0 Å². The Bertz CT molecular complexity index is 870. The Labute approximate surface area is 147 Å². The van der Waals surface area contributed by atoms with Crippen LogP contribution in [0.3, 0.4) is 0 Å². The zero-order valence-corrected chi connectivity index (χ0v) is 14.9. The average Bonchev–Trinajstić information content (AvgIpc) is 2.58. The van der Waals surface area contributed by atoms with E-state index in [4.69, 9.17) is 15.0 Å². The van der Waals surface area contributed by atoms with Crippen LogP contribution in [0.2, 0.25) is 0 Å². The van der Waals surface area contributed by atoms with E-state index in [9.17, 15) is 4.57 Å². The normalized spacial score (nSPS) is 12.2. The lowest BCUT2D eigenvalue weighted by Crippen LogP contribution is -2.07. The fraction of sp³-hybridized carbons (Fsp3) is 0.105. The molecule has 0 fully saturated rings. The molecule has 0 aromatic heterocycles. The summed E-state index contributed by atoms with van der Waals surface area (Å²) in [5, 5.41) is 8.27. The van der Waals surface area contributed by atoms with Gasteiger partial charge in [0.25, 0.3) is 0 Å². The quantitative estimate of drug-likeness (QED) is 0.482. The molecule has 0 aliphatic rings. The molecule has 2 aromatic rings. The molecule has 0 heterocycles. The van der Waals surface area contributed by atoms with Crippen molar-refractivity contribution in [1.29, 1.82) is 5.26 Å². The summed E-state index contributed by atoms with van der Waals surface area (Å²) >= 11 is 0. The largest absolute Gasteiger partial charge is 0.378 e. The molecule has 25 heavy (non-hydrogen) atoms. The van der Waals surface area contributed by atoms with Crippen LogP contribution in [0, 0.1) is 11.3 Å². The number of hydrogen-bond acceptors (Lipinski definition) is 3. The lowest BCUT2D eigenvalue weighted by Gasteiger charge is -2.11. The molecule has 0 bridgehead atoms. The van der Waals surface area contributed by atoms with E-state index in [1.165, 1.54) is 6.08 Å². The highest BCUT2D eigenvalue weighted by Crippen LogP contribution is 2.45. The molecular weight excluding hydrogens is 335 g/mol. The third kappa shape index (κ3) is 5.44. The number of nitrogens with zero attached hydrogens (tertiary/aromatic N) is 2. The first-order valence-electron chi connectivity index (χ1n) is 7.53. The van der Waals surface area contributed by atoms with Crippen LogP contribution in [0.15, 0.2) is 53.8 Å². The second-order valence-electron chi connectivity index (χ2n) is 5.67. The summed E-state index contributed by atoms with van der Waals surface area (Å²) in [4.78, 5) is 20.2. The monoisotopic (exact) mass is 354 g/mol. The van der Waals surface area contributed by atoms with E-state index < -0.39 is 12.9 Å². The molecule has 128 valence electrons. The fourth-order valence-corrected chi connectivity index (χ4v) is 2.57. The first kappa shape index (κ1) is 18.7. The minimum Gasteiger partial charge on any atom is -0.378 e. The van der Waals surface area contributed by atoms with Gasteiger partial charge in [0.2, 0.25) is 0 Å². The molecule has 2 N–H and O–H groups in total. The van der Waals surface area contributed by atoms with Gasteiger partial charge in [0.1, 0.15) is 11.4 Å². The van der Waals surface area contributed by atoms with Crippen molar-refractivity contribution in [2.45, 2.75) is 0 Å². The van der Waals surface area contributed by atoms with Crippen molar-refractivity contribution in [3.8, 4) is 6.07 Å². The van der Waals surface area contributed by atoms with Gasteiger partial charge in [-0.25, -0.2) is 0 Å². The predicted molar refractivity (Wildman–Crippen MR) is 102 cm³/mol. The molecule has 0 unspecified atom stereocenters. The number of hydrogen-bond donors (Lipinski definition) is 2. The van der Waals surface area contributed by atoms with Gasteiger partial charge in [-0.1, -0.05) is 48.6 Å². The van der Waals surface area contributed by atoms with Crippen molar-refractivity contribution in [1.82, 2.24) is 0 Å². The Balaban J connectivity index is 2.14. The van der Waals surface area contributed by atoms with E-state index >= 15 is 0 Å². The molecule has 0 amide bonds. The molecule has 0 aliphatic heterocycles. The summed E-state index contributed by atoms with van der Waals surface area (Å²) < 4.78 is 11.1. The van der Waals surface area contributed by atoms with Crippen molar-refractivity contribution < 1.29 is 14.4 Å². The predicted octanol–water partition coefficient (Wildman–Crippen LogP) is 3.97. The number of benzene rings is 2. The summed E-state index contributed by atoms with van der Waals surface area (Å²) in [6.07, 6.45) is 5.14. The molecule has 0 radical (unpaired) electrons. The van der Waals surface area contributed by atoms with Crippen LogP contribution in [0.1, 0.15) is 16.7 Å². The summed E-state index contributed by atoms with van der Waals surface area (Å²) in [7, 11) is -0.552. The standard InChI is InChI=1S/C19H19N2O3P/c1-21(2)18-11-9-16(10-12-18)4-3-15-5-7-17(8-6-15)13-19(14-20)25(22,23)24/h3-13H,1-2H3,(H2,22,23,24)/b4-3+,19-13-. The molecule has 6 heteroatoms. The van der Waals surface area contributed by atoms with Crippen LogP contribution in [-0.4, -0.2) is 23.9 Å². The zero-order chi connectivity index (χ0) is 18.4. The molecule has 0 aliphatic carbocycles. The molecule has 0 saturated carbocycles. The van der Waals surface area contributed by atoms with Gasteiger partial charge in [-0.2, -0.15) is 5.26 Å². The van der Waals surface area contributed by atoms with Crippen molar-refractivity contribution in [3.05, 3.63) is 70.5 Å². The maximum Gasteiger partial charge on any atom is 0.366 e. The van der Waals surface area contributed by atoms with Gasteiger partial charge in [-0.05, 0) is 34.9 Å². The van der Waals surface area contributed by atoms with Gasteiger partial charge in [0.05, 0.1) is 0 Å². The first-order chi connectivity index (χ1) is 11.8. The van der Waals surface area contributed by atoms with Gasteiger partial charge in [-0.3, -0.25) is 4.57 Å². The van der Waals surface area contributed by atoms with E-state index in [1.807, 2.05) is 67.5 Å². The molecule has 0 spiro atoms. The maximum atomic E-state index is 11.1. The number of rotatable bonds is 5. The number of nitriles is 1. The molecule has 2 aromatic carbocycles. The van der Waals surface area contributed by atoms with E-state index in [1.54, 1.807) is 18.2 Å². The van der Waals surface area contributed by atoms with Crippen molar-refractivity contribution in [2.75, 3.05) is 19.0 Å². The molecular formula is C19H19N2O3P. The van der Waals surface area contributed by atoms with Crippen LogP contribution < -0.4 is 4.90 Å². The summed E-state index contributed by atoms with van der Waals surface area (Å²) in [6.45, 7) is 0. The van der Waals surface area contributed by atoms with E-state index in [-0.39, 0.29) is 0 Å². The minimum absolute atomic E-state index is 0.545. The van der Waals surface area contributed by atoms with Gasteiger partial charge < -0.3 is 14.7 Å². The summed E-state index contributed by atoms with van der Waals surface area (Å²) in [6, 6.07) is 16.8. The average molecular weight is 354 g/mol. The van der Waals surface area contributed by atoms with Crippen LogP contribution in [0.25, 0.3) is 18.2 Å². The Morgan fingerprint density at radius 3 is 1.80 bits per heavy atom. The van der Waals surface area contributed by atoms with E-state index in [0.717, 1.165) is 16.8 Å². The molecule has 2 rings (SSSR count). The van der Waals surface area contributed by atoms with Crippen LogP contribution in [0.4, 0.5) is 5.69 Å². The second-order valence-corrected chi connectivity index (χ2v) is 7.24. The summed E-state index contributed by atoms with van der Waals surface area (Å²) in [5.41, 5.74) is 3.71. The van der Waals surface area contributed by atoms with Gasteiger partial charge >= 0.3 is 7.60 Å². The fourth-order valence-electron chi connectivity index (χ4n) is 2.12. The van der Waals surface area contributed by atoms with Crippen LogP contribution >= 0.6 is 7.60 Å². The minimum atomic E-state index is -4.53. The lowest BCUT2D eigenvalue weighted by atomic mass is 10.1. The Hall–Kier alpha value is -2.64. The molecule has 0 saturated heterocycles. The molecule has 5 nitrogen and oxygen atoms in total. The Morgan fingerprint density at radius 1 is 0.960 bits per heavy atom. The highest BCUT2D eigenvalue weighted by atomic mass is 31.2. The summed E-state index contributed by atoms with van der Waals surface area (Å²) in [5.74, 6) is 0. The second kappa shape index (κ2) is 7.96. The molecule has 0 atom stereocenters. The smallest absolute Gasteiger partial charge is 0.366 e. The van der Waals surface area contributed by atoms with Crippen LogP contribution in [0.5, 0.6) is 0 Å². The van der Waals surface area contributed by atoms with Crippen molar-refractivity contribution in [3.63, 3.8) is 0 Å². The van der Waals surface area contributed by atoms with Crippen LogP contribution in [-0.2, 0) is 4.57 Å². The number of anilines is 1. The highest BCUT2D eigenvalue weighted by molar-refractivity contribution is 7.57. The lowest BCUT2D eigenvalue weighted by molar-refractivity contribution is 0.384. The third-order valence-electron chi connectivity index (χ3n) is 3.55. The zero-order valence-electron chi connectivity index (χ0n) is 14.0. The third-order valence-corrected chi connectivity index (χ3v) is 4.40. The van der Waals surface area contributed by atoms with Crippen molar-refractivity contribution >= 4 is 31.5 Å². The van der Waals surface area contributed by atoms with E-state index in [0.29, 0.717) is 5.56 Å². The first-order valence-corrected chi connectivity index (χ1v) is 9.14. The van der Waals surface area contributed by atoms with Gasteiger partial charge in [0, 0.05) is 19.8 Å². The SMILES string of the molecule is CN(C)c1ccc(/C=C/c2ccc(/C=C(/C#N)P(=O)(O)O)cc2)cc1. The van der Waals surface area contributed by atoms with Gasteiger partial charge in [-0.15, -0.1) is 0 Å².